The Morgan fingerprint density at radius 3 is 2.40 bits per heavy atom. The number of hydrogen-bond donors (Lipinski definition) is 1. The first-order valence-electron chi connectivity index (χ1n) is 9.85. The first-order chi connectivity index (χ1) is 14.4. The molecule has 4 rings (SSSR count). The summed E-state index contributed by atoms with van der Waals surface area (Å²) in [7, 11) is 0. The smallest absolute Gasteiger partial charge is 0.231 e. The van der Waals surface area contributed by atoms with Crippen LogP contribution in [0.3, 0.4) is 0 Å². The third kappa shape index (κ3) is 4.24. The van der Waals surface area contributed by atoms with Crippen LogP contribution >= 0.6 is 0 Å². The van der Waals surface area contributed by atoms with Crippen LogP contribution in [0.1, 0.15) is 18.3 Å². The van der Waals surface area contributed by atoms with Crippen LogP contribution in [0.5, 0.6) is 0 Å². The molecular formula is C21H24FN7O. The van der Waals surface area contributed by atoms with Crippen molar-refractivity contribution in [3.8, 4) is 5.82 Å². The number of nitrogens with zero attached hydrogens (tertiary/aromatic N) is 6. The van der Waals surface area contributed by atoms with Crippen molar-refractivity contribution in [1.29, 1.82) is 0 Å². The lowest BCUT2D eigenvalue weighted by Crippen LogP contribution is -2.48. The lowest BCUT2D eigenvalue weighted by molar-refractivity contribution is -0.129. The van der Waals surface area contributed by atoms with Crippen molar-refractivity contribution >= 4 is 23.4 Å². The number of halogens is 1. The van der Waals surface area contributed by atoms with Crippen molar-refractivity contribution in [2.45, 2.75) is 20.8 Å². The van der Waals surface area contributed by atoms with Crippen LogP contribution in [0.15, 0.2) is 36.4 Å². The van der Waals surface area contributed by atoms with Gasteiger partial charge in [0.25, 0.3) is 0 Å². The molecule has 1 aliphatic rings. The molecule has 0 spiro atoms. The maximum Gasteiger partial charge on any atom is 0.231 e. The van der Waals surface area contributed by atoms with E-state index in [1.807, 2.05) is 30.9 Å². The lowest BCUT2D eigenvalue weighted by atomic mass is 10.3. The van der Waals surface area contributed by atoms with Gasteiger partial charge in [0.15, 0.2) is 5.82 Å². The zero-order valence-electron chi connectivity index (χ0n) is 17.3. The molecule has 2 aromatic heterocycles. The number of carbonyl (C=O) groups is 1. The normalized spacial score (nSPS) is 14.1. The number of rotatable bonds is 4. The molecule has 1 N–H and O–H groups in total. The lowest BCUT2D eigenvalue weighted by Gasteiger charge is -2.35. The van der Waals surface area contributed by atoms with Gasteiger partial charge in [0.05, 0.1) is 5.69 Å². The monoisotopic (exact) mass is 409 g/mol. The standard InChI is InChI=1S/C21H24FN7O/c1-14-11-15(2)29(26-14)20-13-19(28-9-7-27(8-10-28)16(3)30)24-21(25-20)23-18-6-4-5-17(22)12-18/h4-6,11-13H,7-10H2,1-3H3,(H,23,24,25). The highest BCUT2D eigenvalue weighted by atomic mass is 19.1. The van der Waals surface area contributed by atoms with Crippen LogP contribution in [0, 0.1) is 19.7 Å². The van der Waals surface area contributed by atoms with Crippen molar-refractivity contribution in [2.24, 2.45) is 0 Å². The quantitative estimate of drug-likeness (QED) is 0.714. The largest absolute Gasteiger partial charge is 0.353 e. The maximum absolute atomic E-state index is 13.6. The van der Waals surface area contributed by atoms with Crippen LogP contribution in [-0.4, -0.2) is 56.7 Å². The highest BCUT2D eigenvalue weighted by Gasteiger charge is 2.21. The molecule has 8 nitrogen and oxygen atoms in total. The predicted octanol–water partition coefficient (Wildman–Crippen LogP) is 2.83. The second-order valence-corrected chi connectivity index (χ2v) is 7.38. The summed E-state index contributed by atoms with van der Waals surface area (Å²) in [5.41, 5.74) is 2.41. The molecule has 3 aromatic rings. The van der Waals surface area contributed by atoms with Gasteiger partial charge in [0.1, 0.15) is 11.6 Å². The minimum atomic E-state index is -0.338. The number of anilines is 3. The first kappa shape index (κ1) is 19.8. The molecule has 0 unspecified atom stereocenters. The average Bonchev–Trinajstić information content (AvgIpc) is 3.06. The number of aryl methyl sites for hydroxylation is 2. The molecule has 1 aliphatic heterocycles. The molecule has 3 heterocycles. The minimum Gasteiger partial charge on any atom is -0.353 e. The van der Waals surface area contributed by atoms with E-state index in [0.29, 0.717) is 43.6 Å². The highest BCUT2D eigenvalue weighted by Crippen LogP contribution is 2.23. The summed E-state index contributed by atoms with van der Waals surface area (Å²) >= 11 is 0. The molecule has 1 aromatic carbocycles. The van der Waals surface area contributed by atoms with E-state index in [1.54, 1.807) is 23.7 Å². The number of amides is 1. The van der Waals surface area contributed by atoms with Gasteiger partial charge in [-0.2, -0.15) is 15.1 Å². The number of piperazine rings is 1. The summed E-state index contributed by atoms with van der Waals surface area (Å²) in [4.78, 5) is 24.8. The molecule has 1 amide bonds. The van der Waals surface area contributed by atoms with E-state index in [2.05, 4.69) is 25.3 Å². The van der Waals surface area contributed by atoms with Gasteiger partial charge in [-0.25, -0.2) is 9.07 Å². The fourth-order valence-electron chi connectivity index (χ4n) is 3.56. The molecule has 1 saturated heterocycles. The van der Waals surface area contributed by atoms with E-state index >= 15 is 0 Å². The third-order valence-electron chi connectivity index (χ3n) is 5.06. The Hall–Kier alpha value is -3.49. The molecule has 156 valence electrons. The highest BCUT2D eigenvalue weighted by molar-refractivity contribution is 5.73. The molecule has 30 heavy (non-hydrogen) atoms. The van der Waals surface area contributed by atoms with Crippen LogP contribution in [0.25, 0.3) is 5.82 Å². The first-order valence-corrected chi connectivity index (χ1v) is 9.85. The van der Waals surface area contributed by atoms with Gasteiger partial charge in [0, 0.05) is 50.6 Å². The molecule has 1 fully saturated rings. The van der Waals surface area contributed by atoms with Gasteiger partial charge < -0.3 is 15.1 Å². The predicted molar refractivity (Wildman–Crippen MR) is 113 cm³/mol. The van der Waals surface area contributed by atoms with E-state index in [4.69, 9.17) is 0 Å². The van der Waals surface area contributed by atoms with Crippen molar-refractivity contribution < 1.29 is 9.18 Å². The molecule has 9 heteroatoms. The summed E-state index contributed by atoms with van der Waals surface area (Å²) in [5.74, 6) is 1.45. The number of carbonyl (C=O) groups excluding carboxylic acids is 1. The summed E-state index contributed by atoms with van der Waals surface area (Å²) in [6.45, 7) is 8.11. The Morgan fingerprint density at radius 2 is 1.77 bits per heavy atom. The van der Waals surface area contributed by atoms with Gasteiger partial charge in [-0.1, -0.05) is 6.07 Å². The Balaban J connectivity index is 1.69. The molecule has 0 aliphatic carbocycles. The van der Waals surface area contributed by atoms with Crippen LogP contribution in [-0.2, 0) is 4.79 Å². The third-order valence-corrected chi connectivity index (χ3v) is 5.06. The second-order valence-electron chi connectivity index (χ2n) is 7.38. The van der Waals surface area contributed by atoms with Crippen LogP contribution < -0.4 is 10.2 Å². The van der Waals surface area contributed by atoms with Crippen molar-refractivity contribution in [1.82, 2.24) is 24.6 Å². The zero-order chi connectivity index (χ0) is 21.3. The van der Waals surface area contributed by atoms with Crippen LogP contribution in [0.2, 0.25) is 0 Å². The Morgan fingerprint density at radius 1 is 1.03 bits per heavy atom. The van der Waals surface area contributed by atoms with E-state index in [-0.39, 0.29) is 11.7 Å². The average molecular weight is 409 g/mol. The van der Waals surface area contributed by atoms with Crippen molar-refractivity contribution in [3.05, 3.63) is 53.6 Å². The molecule has 0 saturated carbocycles. The Labute approximate surface area is 174 Å². The summed E-state index contributed by atoms with van der Waals surface area (Å²) in [6.07, 6.45) is 0. The van der Waals surface area contributed by atoms with E-state index in [1.165, 1.54) is 12.1 Å². The SMILES string of the molecule is CC(=O)N1CCN(c2cc(-n3nc(C)cc3C)nc(Nc3cccc(F)c3)n2)CC1. The molecular weight excluding hydrogens is 385 g/mol. The van der Waals surface area contributed by atoms with Gasteiger partial charge in [-0.3, -0.25) is 4.79 Å². The Kier molecular flexibility index (Phi) is 5.35. The molecule has 0 bridgehead atoms. The second kappa shape index (κ2) is 8.10. The summed E-state index contributed by atoms with van der Waals surface area (Å²) in [6, 6.07) is 10.0. The fourth-order valence-corrected chi connectivity index (χ4v) is 3.56. The number of aromatic nitrogens is 4. The van der Waals surface area contributed by atoms with Gasteiger partial charge >= 0.3 is 0 Å². The van der Waals surface area contributed by atoms with Crippen LogP contribution in [0.4, 0.5) is 21.8 Å². The molecule has 0 atom stereocenters. The van der Waals surface area contributed by atoms with Gasteiger partial charge in [-0.15, -0.1) is 0 Å². The van der Waals surface area contributed by atoms with Gasteiger partial charge in [-0.05, 0) is 38.1 Å². The molecule has 0 radical (unpaired) electrons. The number of benzene rings is 1. The minimum absolute atomic E-state index is 0.0779. The maximum atomic E-state index is 13.6. The zero-order valence-corrected chi connectivity index (χ0v) is 17.3. The Bertz CT molecular complexity index is 1070. The van der Waals surface area contributed by atoms with E-state index in [0.717, 1.165) is 17.2 Å². The van der Waals surface area contributed by atoms with E-state index < -0.39 is 0 Å². The fraction of sp³-hybridized carbons (Fsp3) is 0.333. The van der Waals surface area contributed by atoms with E-state index in [9.17, 15) is 9.18 Å². The number of nitrogens with one attached hydrogen (secondary N) is 1. The van der Waals surface area contributed by atoms with Gasteiger partial charge in [0.2, 0.25) is 11.9 Å². The van der Waals surface area contributed by atoms with Crippen molar-refractivity contribution in [3.63, 3.8) is 0 Å². The number of hydrogen-bond acceptors (Lipinski definition) is 6. The topological polar surface area (TPSA) is 79.2 Å². The summed E-state index contributed by atoms with van der Waals surface area (Å²) in [5, 5.41) is 7.62. The summed E-state index contributed by atoms with van der Waals surface area (Å²) < 4.78 is 15.4. The van der Waals surface area contributed by atoms with Crippen molar-refractivity contribution in [2.75, 3.05) is 36.4 Å².